The van der Waals surface area contributed by atoms with Crippen molar-refractivity contribution in [3.63, 3.8) is 0 Å². The van der Waals surface area contributed by atoms with Gasteiger partial charge in [0.15, 0.2) is 0 Å². The molecule has 0 aromatic rings. The number of carbonyl (C=O) groups is 1. The fraction of sp³-hybridized carbons (Fsp3) is 0.824. The van der Waals surface area contributed by atoms with Crippen LogP contribution in [0.1, 0.15) is 57.8 Å². The van der Waals surface area contributed by atoms with E-state index in [9.17, 15) is 4.79 Å². The van der Waals surface area contributed by atoms with E-state index < -0.39 is 0 Å². The Morgan fingerprint density at radius 2 is 2.19 bits per heavy atom. The Morgan fingerprint density at radius 1 is 1.33 bits per heavy atom. The van der Waals surface area contributed by atoms with Crippen LogP contribution in [0.4, 0.5) is 0 Å². The molecule has 1 fully saturated rings. The van der Waals surface area contributed by atoms with E-state index >= 15 is 0 Å². The van der Waals surface area contributed by atoms with Gasteiger partial charge in [0.2, 0.25) is 5.91 Å². The van der Waals surface area contributed by atoms with E-state index in [-0.39, 0.29) is 12.5 Å². The third-order valence-corrected chi connectivity index (χ3v) is 4.69. The Morgan fingerprint density at radius 3 is 2.81 bits per heavy atom. The van der Waals surface area contributed by atoms with Gasteiger partial charge >= 0.3 is 0 Å². The quantitative estimate of drug-likeness (QED) is 0.641. The van der Waals surface area contributed by atoms with Crippen LogP contribution in [0.25, 0.3) is 0 Å². The van der Waals surface area contributed by atoms with Gasteiger partial charge in [0.05, 0.1) is 6.54 Å². The van der Waals surface area contributed by atoms with Gasteiger partial charge in [0.1, 0.15) is 0 Å². The molecular formula is C17H30N2O2. The lowest BCUT2D eigenvalue weighted by Gasteiger charge is -2.37. The Hall–Kier alpha value is -0.870. The molecule has 0 radical (unpaired) electrons. The van der Waals surface area contributed by atoms with Crippen molar-refractivity contribution in [3.8, 4) is 0 Å². The number of hydrogen-bond donors (Lipinski definition) is 2. The highest BCUT2D eigenvalue weighted by atomic mass is 16.3. The summed E-state index contributed by atoms with van der Waals surface area (Å²) in [5, 5.41) is 12.0. The number of amides is 1. The molecule has 4 nitrogen and oxygen atoms in total. The van der Waals surface area contributed by atoms with Gasteiger partial charge in [-0.15, -0.1) is 0 Å². The van der Waals surface area contributed by atoms with Crippen molar-refractivity contribution in [2.24, 2.45) is 0 Å². The molecule has 0 aromatic heterocycles. The van der Waals surface area contributed by atoms with Crippen molar-refractivity contribution in [1.29, 1.82) is 0 Å². The molecule has 0 saturated heterocycles. The number of hydrogen-bond acceptors (Lipinski definition) is 3. The lowest BCUT2D eigenvalue weighted by atomic mass is 9.91. The van der Waals surface area contributed by atoms with Crippen molar-refractivity contribution in [2.45, 2.75) is 63.8 Å². The average molecular weight is 294 g/mol. The van der Waals surface area contributed by atoms with Gasteiger partial charge in [-0.2, -0.15) is 0 Å². The molecule has 2 N–H and O–H groups in total. The molecule has 2 rings (SSSR count). The number of rotatable bonds is 9. The van der Waals surface area contributed by atoms with Gasteiger partial charge in [-0.1, -0.05) is 18.1 Å². The molecule has 21 heavy (non-hydrogen) atoms. The number of aliphatic hydroxyl groups is 1. The first-order valence-corrected chi connectivity index (χ1v) is 8.59. The van der Waals surface area contributed by atoms with Gasteiger partial charge in [-0.25, -0.2) is 0 Å². The summed E-state index contributed by atoms with van der Waals surface area (Å²) in [5.41, 5.74) is 1.51. The minimum Gasteiger partial charge on any atom is -0.396 e. The zero-order valence-electron chi connectivity index (χ0n) is 13.1. The normalized spacial score (nSPS) is 19.2. The number of nitrogens with one attached hydrogen (secondary N) is 1. The summed E-state index contributed by atoms with van der Waals surface area (Å²) in [6, 6.07) is 0.559. The van der Waals surface area contributed by atoms with Gasteiger partial charge in [0.25, 0.3) is 0 Å². The lowest BCUT2D eigenvalue weighted by molar-refractivity contribution is -0.123. The van der Waals surface area contributed by atoms with Crippen molar-refractivity contribution in [1.82, 2.24) is 10.2 Å². The van der Waals surface area contributed by atoms with Crippen LogP contribution in [0.3, 0.4) is 0 Å². The molecule has 2 aliphatic carbocycles. The van der Waals surface area contributed by atoms with E-state index in [0.29, 0.717) is 12.6 Å². The molecule has 2 aliphatic rings. The highest BCUT2D eigenvalue weighted by molar-refractivity contribution is 5.78. The summed E-state index contributed by atoms with van der Waals surface area (Å²) >= 11 is 0. The second-order valence-corrected chi connectivity index (χ2v) is 6.34. The predicted molar refractivity (Wildman–Crippen MR) is 85.1 cm³/mol. The number of aliphatic hydroxyl groups excluding tert-OH is 1. The van der Waals surface area contributed by atoms with E-state index in [4.69, 9.17) is 5.11 Å². The molecule has 1 amide bonds. The molecule has 0 aliphatic heterocycles. The second-order valence-electron chi connectivity index (χ2n) is 6.34. The molecule has 0 spiro atoms. The SMILES string of the molecule is O=C(CN(CCCO)C1CCC1)NCCC1=CCCCC1. The Labute approximate surface area is 128 Å². The smallest absolute Gasteiger partial charge is 0.234 e. The predicted octanol–water partition coefficient (Wildman–Crippen LogP) is 2.23. The zero-order valence-corrected chi connectivity index (χ0v) is 13.1. The molecule has 0 heterocycles. The highest BCUT2D eigenvalue weighted by Gasteiger charge is 2.25. The third-order valence-electron chi connectivity index (χ3n) is 4.69. The third kappa shape index (κ3) is 5.79. The monoisotopic (exact) mass is 294 g/mol. The fourth-order valence-electron chi connectivity index (χ4n) is 3.15. The van der Waals surface area contributed by atoms with E-state index in [1.807, 2.05) is 0 Å². The number of carbonyl (C=O) groups excluding carboxylic acids is 1. The topological polar surface area (TPSA) is 52.6 Å². The zero-order chi connectivity index (χ0) is 14.9. The molecular weight excluding hydrogens is 264 g/mol. The molecule has 120 valence electrons. The van der Waals surface area contributed by atoms with Crippen LogP contribution in [-0.4, -0.2) is 48.2 Å². The average Bonchev–Trinajstić information content (AvgIpc) is 2.44. The fourth-order valence-corrected chi connectivity index (χ4v) is 3.15. The Bertz CT molecular complexity index is 351. The number of allylic oxidation sites excluding steroid dienone is 1. The van der Waals surface area contributed by atoms with Crippen LogP contribution in [0.5, 0.6) is 0 Å². The highest BCUT2D eigenvalue weighted by Crippen LogP contribution is 2.24. The molecule has 0 unspecified atom stereocenters. The van der Waals surface area contributed by atoms with Crippen LogP contribution in [0, 0.1) is 0 Å². The summed E-state index contributed by atoms with van der Waals surface area (Å²) in [6.45, 7) is 2.30. The van der Waals surface area contributed by atoms with Crippen LogP contribution in [-0.2, 0) is 4.79 Å². The van der Waals surface area contributed by atoms with E-state index in [1.165, 1.54) is 50.5 Å². The van der Waals surface area contributed by atoms with Gasteiger partial charge in [-0.3, -0.25) is 9.69 Å². The van der Waals surface area contributed by atoms with Crippen molar-refractivity contribution in [2.75, 3.05) is 26.2 Å². The maximum absolute atomic E-state index is 12.1. The first-order chi connectivity index (χ1) is 10.3. The Kier molecular flexibility index (Phi) is 7.24. The largest absolute Gasteiger partial charge is 0.396 e. The molecule has 0 aromatic carbocycles. The van der Waals surface area contributed by atoms with E-state index in [0.717, 1.165) is 25.9 Å². The van der Waals surface area contributed by atoms with Crippen LogP contribution in [0.2, 0.25) is 0 Å². The van der Waals surface area contributed by atoms with Gasteiger partial charge in [0, 0.05) is 25.7 Å². The Balaban J connectivity index is 1.65. The van der Waals surface area contributed by atoms with Crippen molar-refractivity contribution < 1.29 is 9.90 Å². The van der Waals surface area contributed by atoms with Crippen LogP contribution in [0.15, 0.2) is 11.6 Å². The molecule has 0 atom stereocenters. The molecule has 0 bridgehead atoms. The summed E-state index contributed by atoms with van der Waals surface area (Å²) in [6.07, 6.45) is 12.8. The van der Waals surface area contributed by atoms with Crippen LogP contribution < -0.4 is 5.32 Å². The first kappa shape index (κ1) is 16.5. The lowest BCUT2D eigenvalue weighted by Crippen LogP contribution is -2.46. The standard InChI is InChI=1S/C17H30N2O2/c20-13-5-12-19(16-8-4-9-16)14-17(21)18-11-10-15-6-2-1-3-7-15/h6,16,20H,1-5,7-14H2,(H,18,21). The second kappa shape index (κ2) is 9.21. The minimum absolute atomic E-state index is 0.135. The summed E-state index contributed by atoms with van der Waals surface area (Å²) in [4.78, 5) is 14.3. The van der Waals surface area contributed by atoms with Crippen molar-refractivity contribution >= 4 is 5.91 Å². The molecule has 1 saturated carbocycles. The minimum atomic E-state index is 0.135. The van der Waals surface area contributed by atoms with Gasteiger partial charge in [-0.05, 0) is 51.4 Å². The van der Waals surface area contributed by atoms with Gasteiger partial charge < -0.3 is 10.4 Å². The summed E-state index contributed by atoms with van der Waals surface area (Å²) in [5.74, 6) is 0.135. The van der Waals surface area contributed by atoms with Crippen molar-refractivity contribution in [3.05, 3.63) is 11.6 Å². The molecule has 4 heteroatoms. The summed E-state index contributed by atoms with van der Waals surface area (Å²) < 4.78 is 0. The maximum atomic E-state index is 12.1. The van der Waals surface area contributed by atoms with Crippen LogP contribution >= 0.6 is 0 Å². The first-order valence-electron chi connectivity index (χ1n) is 8.59. The van der Waals surface area contributed by atoms with E-state index in [2.05, 4.69) is 16.3 Å². The summed E-state index contributed by atoms with van der Waals surface area (Å²) in [7, 11) is 0. The van der Waals surface area contributed by atoms with E-state index in [1.54, 1.807) is 0 Å². The number of nitrogens with zero attached hydrogens (tertiary/aromatic N) is 1. The maximum Gasteiger partial charge on any atom is 0.234 e.